The molecule has 1 aromatic heterocycles. The van der Waals surface area contributed by atoms with Gasteiger partial charge in [-0.25, -0.2) is 4.79 Å². The van der Waals surface area contributed by atoms with E-state index >= 15 is 0 Å². The standard InChI is InChI=1S/C20H18N4O3/c1-20(14-7-9-15(27-2)10-8-14)18(25)24(19(26)23-20)22-12-13-11-21-17-6-4-3-5-16(13)17/h3-12,21H,1-2H3,(H,23,26)/b22-12+. The number of rotatable bonds is 4. The van der Waals surface area contributed by atoms with Crippen molar-refractivity contribution in [1.82, 2.24) is 15.3 Å². The van der Waals surface area contributed by atoms with Gasteiger partial charge >= 0.3 is 6.03 Å². The van der Waals surface area contributed by atoms with Crippen molar-refractivity contribution < 1.29 is 14.3 Å². The zero-order valence-electron chi connectivity index (χ0n) is 14.9. The molecule has 7 nitrogen and oxygen atoms in total. The molecule has 0 saturated carbocycles. The molecule has 2 heterocycles. The van der Waals surface area contributed by atoms with Crippen molar-refractivity contribution in [2.45, 2.75) is 12.5 Å². The summed E-state index contributed by atoms with van der Waals surface area (Å²) in [6, 6.07) is 14.2. The Hall–Kier alpha value is -3.61. The summed E-state index contributed by atoms with van der Waals surface area (Å²) in [5, 5.41) is 8.69. The monoisotopic (exact) mass is 362 g/mol. The van der Waals surface area contributed by atoms with Crippen LogP contribution in [0.4, 0.5) is 4.79 Å². The lowest BCUT2D eigenvalue weighted by atomic mass is 9.92. The van der Waals surface area contributed by atoms with Crippen LogP contribution in [0.1, 0.15) is 18.1 Å². The molecular formula is C20H18N4O3. The second-order valence-corrected chi connectivity index (χ2v) is 6.43. The van der Waals surface area contributed by atoms with Crippen LogP contribution in [0.25, 0.3) is 10.9 Å². The molecule has 1 fully saturated rings. The van der Waals surface area contributed by atoms with Gasteiger partial charge in [0.25, 0.3) is 5.91 Å². The summed E-state index contributed by atoms with van der Waals surface area (Å²) < 4.78 is 5.14. The molecule has 136 valence electrons. The SMILES string of the molecule is COc1ccc(C2(C)NC(=O)N(/N=C/c3c[nH]c4ccccc34)C2=O)cc1. The number of ether oxygens (including phenoxy) is 1. The fourth-order valence-corrected chi connectivity index (χ4v) is 3.17. The van der Waals surface area contributed by atoms with Crippen molar-refractivity contribution in [1.29, 1.82) is 0 Å². The summed E-state index contributed by atoms with van der Waals surface area (Å²) in [7, 11) is 1.57. The van der Waals surface area contributed by atoms with Crippen LogP contribution in [0.15, 0.2) is 59.8 Å². The van der Waals surface area contributed by atoms with Crippen LogP contribution in [0.3, 0.4) is 0 Å². The highest BCUT2D eigenvalue weighted by Crippen LogP contribution is 2.30. The number of hydrazone groups is 1. The van der Waals surface area contributed by atoms with E-state index < -0.39 is 17.5 Å². The lowest BCUT2D eigenvalue weighted by Crippen LogP contribution is -2.40. The molecule has 3 aromatic rings. The number of fused-ring (bicyclic) bond motifs is 1. The van der Waals surface area contributed by atoms with Gasteiger partial charge < -0.3 is 15.0 Å². The number of urea groups is 1. The van der Waals surface area contributed by atoms with Crippen molar-refractivity contribution >= 4 is 29.1 Å². The summed E-state index contributed by atoms with van der Waals surface area (Å²) >= 11 is 0. The molecule has 1 aliphatic heterocycles. The Morgan fingerprint density at radius 1 is 1.11 bits per heavy atom. The van der Waals surface area contributed by atoms with E-state index in [1.807, 2.05) is 24.3 Å². The summed E-state index contributed by atoms with van der Waals surface area (Å²) in [5.41, 5.74) is 1.23. The van der Waals surface area contributed by atoms with E-state index in [1.54, 1.807) is 44.5 Å². The fraction of sp³-hybridized carbons (Fsp3) is 0.150. The first kappa shape index (κ1) is 16.8. The third-order valence-electron chi connectivity index (χ3n) is 4.77. The van der Waals surface area contributed by atoms with Gasteiger partial charge in [-0.1, -0.05) is 30.3 Å². The number of aromatic amines is 1. The number of methoxy groups -OCH3 is 1. The largest absolute Gasteiger partial charge is 0.497 e. The van der Waals surface area contributed by atoms with Crippen LogP contribution < -0.4 is 10.1 Å². The van der Waals surface area contributed by atoms with E-state index in [0.717, 1.165) is 21.5 Å². The number of aromatic nitrogens is 1. The number of H-pyrrole nitrogens is 1. The van der Waals surface area contributed by atoms with Crippen molar-refractivity contribution in [3.05, 3.63) is 65.9 Å². The van der Waals surface area contributed by atoms with Gasteiger partial charge in [0.05, 0.1) is 13.3 Å². The third-order valence-corrected chi connectivity index (χ3v) is 4.77. The van der Waals surface area contributed by atoms with Crippen LogP contribution in [0.5, 0.6) is 5.75 Å². The maximum Gasteiger partial charge on any atom is 0.346 e. The fourth-order valence-electron chi connectivity index (χ4n) is 3.17. The summed E-state index contributed by atoms with van der Waals surface area (Å²) in [4.78, 5) is 28.4. The smallest absolute Gasteiger partial charge is 0.346 e. The number of imide groups is 1. The average Bonchev–Trinajstić information content (AvgIpc) is 3.20. The molecule has 7 heteroatoms. The number of para-hydroxylation sites is 1. The van der Waals surface area contributed by atoms with E-state index in [9.17, 15) is 9.59 Å². The molecule has 0 radical (unpaired) electrons. The van der Waals surface area contributed by atoms with Gasteiger partial charge in [-0.15, -0.1) is 5.01 Å². The van der Waals surface area contributed by atoms with Crippen molar-refractivity contribution in [3.8, 4) is 5.75 Å². The molecule has 4 rings (SSSR count). The topological polar surface area (TPSA) is 86.8 Å². The van der Waals surface area contributed by atoms with Crippen LogP contribution in [-0.2, 0) is 10.3 Å². The zero-order chi connectivity index (χ0) is 19.0. The Balaban J connectivity index is 1.62. The Kier molecular flexibility index (Phi) is 3.92. The Labute approximate surface area is 155 Å². The molecule has 0 aliphatic carbocycles. The van der Waals surface area contributed by atoms with Gasteiger partial charge in [-0.2, -0.15) is 5.10 Å². The average molecular weight is 362 g/mol. The Morgan fingerprint density at radius 3 is 2.59 bits per heavy atom. The van der Waals surface area contributed by atoms with E-state index in [0.29, 0.717) is 11.3 Å². The molecule has 3 amide bonds. The van der Waals surface area contributed by atoms with E-state index in [-0.39, 0.29) is 0 Å². The first-order valence-corrected chi connectivity index (χ1v) is 8.44. The van der Waals surface area contributed by atoms with Gasteiger partial charge in [0.15, 0.2) is 0 Å². The molecular weight excluding hydrogens is 344 g/mol. The molecule has 27 heavy (non-hydrogen) atoms. The lowest BCUT2D eigenvalue weighted by molar-refractivity contribution is -0.131. The van der Waals surface area contributed by atoms with Gasteiger partial charge in [0.2, 0.25) is 0 Å². The maximum absolute atomic E-state index is 12.9. The molecule has 1 unspecified atom stereocenters. The zero-order valence-corrected chi connectivity index (χ0v) is 14.9. The van der Waals surface area contributed by atoms with E-state index in [2.05, 4.69) is 15.4 Å². The highest BCUT2D eigenvalue weighted by molar-refractivity contribution is 6.08. The van der Waals surface area contributed by atoms with Crippen molar-refractivity contribution in [3.63, 3.8) is 0 Å². The van der Waals surface area contributed by atoms with Crippen LogP contribution in [0.2, 0.25) is 0 Å². The molecule has 0 spiro atoms. The number of carbonyl (C=O) groups excluding carboxylic acids is 2. The highest BCUT2D eigenvalue weighted by Gasteiger charge is 2.49. The lowest BCUT2D eigenvalue weighted by Gasteiger charge is -2.21. The normalized spacial score (nSPS) is 19.9. The molecule has 2 aromatic carbocycles. The second-order valence-electron chi connectivity index (χ2n) is 6.43. The number of hydrogen-bond donors (Lipinski definition) is 2. The number of hydrogen-bond acceptors (Lipinski definition) is 4. The Morgan fingerprint density at radius 2 is 1.85 bits per heavy atom. The van der Waals surface area contributed by atoms with Gasteiger partial charge in [0, 0.05) is 22.7 Å². The highest BCUT2D eigenvalue weighted by atomic mass is 16.5. The van der Waals surface area contributed by atoms with Crippen molar-refractivity contribution in [2.75, 3.05) is 7.11 Å². The van der Waals surface area contributed by atoms with Gasteiger partial charge in [-0.3, -0.25) is 4.79 Å². The first-order valence-electron chi connectivity index (χ1n) is 8.44. The van der Waals surface area contributed by atoms with Gasteiger partial charge in [-0.05, 0) is 30.7 Å². The summed E-state index contributed by atoms with van der Waals surface area (Å²) in [5.74, 6) is 0.238. The van der Waals surface area contributed by atoms with Crippen molar-refractivity contribution in [2.24, 2.45) is 5.10 Å². The minimum Gasteiger partial charge on any atom is -0.497 e. The van der Waals surface area contributed by atoms with E-state index in [1.165, 1.54) is 6.21 Å². The summed E-state index contributed by atoms with van der Waals surface area (Å²) in [6.07, 6.45) is 3.30. The molecule has 0 bridgehead atoms. The minimum atomic E-state index is -1.18. The minimum absolute atomic E-state index is 0.436. The summed E-state index contributed by atoms with van der Waals surface area (Å²) in [6.45, 7) is 1.66. The van der Waals surface area contributed by atoms with Crippen LogP contribution in [0, 0.1) is 0 Å². The third kappa shape index (κ3) is 2.73. The number of benzene rings is 2. The molecule has 2 N–H and O–H groups in total. The first-order chi connectivity index (χ1) is 13.0. The number of amides is 3. The molecule has 1 saturated heterocycles. The number of carbonyl (C=O) groups is 2. The molecule has 1 aliphatic rings. The number of nitrogens with zero attached hydrogens (tertiary/aromatic N) is 2. The maximum atomic E-state index is 12.9. The Bertz CT molecular complexity index is 1050. The predicted molar refractivity (Wildman–Crippen MR) is 102 cm³/mol. The number of nitrogens with one attached hydrogen (secondary N) is 2. The van der Waals surface area contributed by atoms with Gasteiger partial charge in [0.1, 0.15) is 11.3 Å². The quantitative estimate of drug-likeness (QED) is 0.553. The van der Waals surface area contributed by atoms with Crippen LogP contribution >= 0.6 is 0 Å². The van der Waals surface area contributed by atoms with Crippen LogP contribution in [-0.4, -0.2) is 35.3 Å². The van der Waals surface area contributed by atoms with E-state index in [4.69, 9.17) is 4.74 Å². The molecule has 1 atom stereocenters. The second kappa shape index (κ2) is 6.28. The predicted octanol–water partition coefficient (Wildman–Crippen LogP) is 2.98.